The van der Waals surface area contributed by atoms with Crippen LogP contribution in [0.3, 0.4) is 0 Å². The van der Waals surface area contributed by atoms with E-state index in [2.05, 4.69) is 193 Å². The van der Waals surface area contributed by atoms with Gasteiger partial charge in [0.15, 0.2) is 0 Å². The zero-order chi connectivity index (χ0) is 31.2. The molecule has 0 amide bonds. The first-order chi connectivity index (χ1) is 23.3. The third kappa shape index (κ3) is 4.72. The molecule has 0 fully saturated rings. The lowest BCUT2D eigenvalue weighted by Crippen LogP contribution is -2.11. The summed E-state index contributed by atoms with van der Waals surface area (Å²) in [5, 5.41) is 10.1. The summed E-state index contributed by atoms with van der Waals surface area (Å²) in [4.78, 5) is 2.42. The highest BCUT2D eigenvalue weighted by atomic mass is 15.1. The number of rotatable bonds is 5. The average Bonchev–Trinajstić information content (AvgIpc) is 3.16. The number of fused-ring (bicyclic) bond motifs is 7. The lowest BCUT2D eigenvalue weighted by Gasteiger charge is -2.28. The molecule has 9 aromatic rings. The van der Waals surface area contributed by atoms with Gasteiger partial charge in [-0.15, -0.1) is 0 Å². The molecule has 0 bridgehead atoms. The lowest BCUT2D eigenvalue weighted by molar-refractivity contribution is 1.29. The molecule has 0 aliphatic rings. The summed E-state index contributed by atoms with van der Waals surface area (Å²) in [6, 6.07) is 68.3. The van der Waals surface area contributed by atoms with Crippen molar-refractivity contribution in [2.24, 2.45) is 0 Å². The van der Waals surface area contributed by atoms with Crippen LogP contribution in [0.4, 0.5) is 17.1 Å². The fourth-order valence-corrected chi connectivity index (χ4v) is 7.17. The molecule has 0 N–H and O–H groups in total. The molecule has 0 saturated heterocycles. The number of hydrogen-bond donors (Lipinski definition) is 0. The van der Waals surface area contributed by atoms with Crippen LogP contribution < -0.4 is 4.90 Å². The molecule has 9 rings (SSSR count). The topological polar surface area (TPSA) is 3.24 Å². The second kappa shape index (κ2) is 11.3. The molecule has 0 aromatic heterocycles. The van der Waals surface area contributed by atoms with Gasteiger partial charge in [0.05, 0.1) is 5.69 Å². The highest BCUT2D eigenvalue weighted by Gasteiger charge is 2.19. The van der Waals surface area contributed by atoms with Crippen molar-refractivity contribution in [1.82, 2.24) is 0 Å². The van der Waals surface area contributed by atoms with Gasteiger partial charge in [0, 0.05) is 16.9 Å². The van der Waals surface area contributed by atoms with Gasteiger partial charge in [-0.1, -0.05) is 152 Å². The lowest BCUT2D eigenvalue weighted by atomic mass is 9.93. The second-order valence-electron chi connectivity index (χ2n) is 12.1. The van der Waals surface area contributed by atoms with Crippen molar-refractivity contribution in [2.75, 3.05) is 4.90 Å². The van der Waals surface area contributed by atoms with Crippen molar-refractivity contribution in [1.29, 1.82) is 0 Å². The first kappa shape index (κ1) is 27.2. The minimum Gasteiger partial charge on any atom is -0.310 e. The summed E-state index contributed by atoms with van der Waals surface area (Å²) < 4.78 is 0. The van der Waals surface area contributed by atoms with Gasteiger partial charge in [0.1, 0.15) is 0 Å². The van der Waals surface area contributed by atoms with Gasteiger partial charge in [-0.25, -0.2) is 0 Å². The largest absolute Gasteiger partial charge is 0.310 e. The van der Waals surface area contributed by atoms with Gasteiger partial charge in [0.25, 0.3) is 0 Å². The van der Waals surface area contributed by atoms with Gasteiger partial charge in [-0.3, -0.25) is 0 Å². The summed E-state index contributed by atoms with van der Waals surface area (Å²) in [7, 11) is 0. The Balaban J connectivity index is 1.29. The maximum atomic E-state index is 2.42. The van der Waals surface area contributed by atoms with Crippen LogP contribution in [0, 0.1) is 0 Å². The zero-order valence-corrected chi connectivity index (χ0v) is 25.8. The fourth-order valence-electron chi connectivity index (χ4n) is 7.17. The van der Waals surface area contributed by atoms with E-state index in [-0.39, 0.29) is 0 Å². The Morgan fingerprint density at radius 3 is 1.51 bits per heavy atom. The molecule has 0 aliphatic carbocycles. The Morgan fingerprint density at radius 2 is 0.787 bits per heavy atom. The third-order valence-electron chi connectivity index (χ3n) is 9.42. The highest BCUT2D eigenvalue weighted by Crippen LogP contribution is 2.44. The first-order valence-electron chi connectivity index (χ1n) is 16.2. The summed E-state index contributed by atoms with van der Waals surface area (Å²) >= 11 is 0. The Kier molecular flexibility index (Phi) is 6.54. The average molecular weight is 598 g/mol. The molecular formula is C46H31N. The van der Waals surface area contributed by atoms with Crippen LogP contribution >= 0.6 is 0 Å². The van der Waals surface area contributed by atoms with E-state index in [0.717, 1.165) is 17.1 Å². The number of nitrogens with zero attached hydrogens (tertiary/aromatic N) is 1. The van der Waals surface area contributed by atoms with Gasteiger partial charge in [-0.05, 0) is 96.2 Å². The van der Waals surface area contributed by atoms with E-state index in [1.807, 2.05) is 0 Å². The van der Waals surface area contributed by atoms with Crippen molar-refractivity contribution in [3.05, 3.63) is 188 Å². The number of para-hydroxylation sites is 1. The molecule has 0 unspecified atom stereocenters. The van der Waals surface area contributed by atoms with Crippen molar-refractivity contribution >= 4 is 60.2 Å². The molecule has 220 valence electrons. The Bertz CT molecular complexity index is 2530. The molecule has 0 spiro atoms. The quantitative estimate of drug-likeness (QED) is 0.178. The van der Waals surface area contributed by atoms with Crippen LogP contribution in [-0.2, 0) is 0 Å². The minimum atomic E-state index is 1.11. The molecule has 0 atom stereocenters. The molecule has 1 nitrogen and oxygen atoms in total. The Morgan fingerprint density at radius 1 is 0.277 bits per heavy atom. The van der Waals surface area contributed by atoms with Crippen LogP contribution in [0.1, 0.15) is 0 Å². The number of anilines is 3. The summed E-state index contributed by atoms with van der Waals surface area (Å²) in [5.41, 5.74) is 8.18. The number of benzene rings is 9. The van der Waals surface area contributed by atoms with Gasteiger partial charge >= 0.3 is 0 Å². The Hall–Kier alpha value is -6.18. The van der Waals surface area contributed by atoms with Crippen molar-refractivity contribution in [3.63, 3.8) is 0 Å². The SMILES string of the molecule is c1ccc(-c2ccc(N(c3ccc4c5ccccc5c5ccccc5c4c3)c3ccccc3-c3ccc4ccccc4c3)cc2)cc1. The van der Waals surface area contributed by atoms with E-state index in [9.17, 15) is 0 Å². The third-order valence-corrected chi connectivity index (χ3v) is 9.42. The summed E-state index contributed by atoms with van der Waals surface area (Å²) in [5.74, 6) is 0. The van der Waals surface area contributed by atoms with Gasteiger partial charge in [0.2, 0.25) is 0 Å². The number of hydrogen-bond acceptors (Lipinski definition) is 1. The molecule has 0 saturated carbocycles. The second-order valence-corrected chi connectivity index (χ2v) is 12.1. The zero-order valence-electron chi connectivity index (χ0n) is 25.8. The van der Waals surface area contributed by atoms with Crippen LogP contribution in [-0.4, -0.2) is 0 Å². The van der Waals surface area contributed by atoms with E-state index >= 15 is 0 Å². The smallest absolute Gasteiger partial charge is 0.0540 e. The first-order valence-corrected chi connectivity index (χ1v) is 16.2. The maximum Gasteiger partial charge on any atom is 0.0540 e. The summed E-state index contributed by atoms with van der Waals surface area (Å²) in [6.45, 7) is 0. The van der Waals surface area contributed by atoms with E-state index < -0.39 is 0 Å². The predicted octanol–water partition coefficient (Wildman–Crippen LogP) is 13.1. The molecule has 0 aliphatic heterocycles. The molecule has 47 heavy (non-hydrogen) atoms. The molecule has 0 radical (unpaired) electrons. The van der Waals surface area contributed by atoms with Gasteiger partial charge < -0.3 is 4.90 Å². The van der Waals surface area contributed by atoms with Gasteiger partial charge in [-0.2, -0.15) is 0 Å². The minimum absolute atomic E-state index is 1.11. The maximum absolute atomic E-state index is 2.42. The van der Waals surface area contributed by atoms with Crippen LogP contribution in [0.15, 0.2) is 188 Å². The van der Waals surface area contributed by atoms with E-state index in [1.54, 1.807) is 0 Å². The molecule has 1 heteroatoms. The Labute approximate surface area is 274 Å². The van der Waals surface area contributed by atoms with Crippen molar-refractivity contribution in [2.45, 2.75) is 0 Å². The van der Waals surface area contributed by atoms with Crippen molar-refractivity contribution in [3.8, 4) is 22.3 Å². The normalized spacial score (nSPS) is 11.4. The monoisotopic (exact) mass is 597 g/mol. The molecule has 0 heterocycles. The van der Waals surface area contributed by atoms with Crippen LogP contribution in [0.2, 0.25) is 0 Å². The summed E-state index contributed by atoms with van der Waals surface area (Å²) in [6.07, 6.45) is 0. The predicted molar refractivity (Wildman–Crippen MR) is 202 cm³/mol. The standard InChI is InChI=1S/C46H31N/c1-2-12-32(13-3-1)34-24-26-37(27-25-34)47(46-21-11-10-16-39(46)36-23-22-33-14-4-5-15-35(33)30-36)38-28-29-44-42-19-7-6-17-40(42)41-18-8-9-20-43(41)45(44)31-38/h1-31H. The van der Waals surface area contributed by atoms with E-state index in [4.69, 9.17) is 0 Å². The highest BCUT2D eigenvalue weighted by molar-refractivity contribution is 6.25. The fraction of sp³-hybridized carbons (Fsp3) is 0. The molecule has 9 aromatic carbocycles. The van der Waals surface area contributed by atoms with Crippen molar-refractivity contribution < 1.29 is 0 Å². The molecular weight excluding hydrogens is 567 g/mol. The van der Waals surface area contributed by atoms with Crippen LogP contribution in [0.25, 0.3) is 65.3 Å². The van der Waals surface area contributed by atoms with E-state index in [0.29, 0.717) is 0 Å². The van der Waals surface area contributed by atoms with E-state index in [1.165, 1.54) is 65.3 Å². The van der Waals surface area contributed by atoms with Crippen LogP contribution in [0.5, 0.6) is 0 Å².